The fourth-order valence-corrected chi connectivity index (χ4v) is 0.993. The Bertz CT molecular complexity index is 86.2. The number of hydrogen-bond acceptors (Lipinski definition) is 2. The van der Waals surface area contributed by atoms with E-state index < -0.39 is 5.60 Å². The molecule has 1 atom stereocenters. The Morgan fingerprint density at radius 3 is 2.27 bits per heavy atom. The molecule has 0 heterocycles. The molecule has 1 nitrogen and oxygen atoms in total. The normalized spacial score (nSPS) is 15.3. The van der Waals surface area contributed by atoms with Gasteiger partial charge in [0.2, 0.25) is 0 Å². The molecule has 0 saturated carbocycles. The third-order valence-electron chi connectivity index (χ3n) is 1.66. The van der Waals surface area contributed by atoms with Gasteiger partial charge in [0, 0.05) is 5.75 Å². The molecule has 0 fully saturated rings. The molecule has 0 bridgehead atoms. The Morgan fingerprint density at radius 2 is 1.91 bits per heavy atom. The van der Waals surface area contributed by atoms with Crippen molar-refractivity contribution in [1.82, 2.24) is 0 Å². The first-order valence-corrected chi connectivity index (χ1v) is 4.59. The summed E-state index contributed by atoms with van der Waals surface area (Å²) in [5.74, 6) is 0.566. The van der Waals surface area contributed by atoms with Gasteiger partial charge in [-0.3, -0.25) is 0 Å². The summed E-state index contributed by atoms with van der Waals surface area (Å²) in [5, 5.41) is 9.47. The maximum atomic E-state index is 9.47. The summed E-state index contributed by atoms with van der Waals surface area (Å²) in [6.45, 7) is 4.01. The first-order chi connectivity index (χ1) is 4.62. The van der Waals surface area contributed by atoms with E-state index in [1.807, 2.05) is 6.92 Å². The predicted molar refractivity (Wildman–Crippen MR) is 55.8 cm³/mol. The fourth-order valence-electron chi connectivity index (χ4n) is 0.835. The second kappa shape index (κ2) is 7.93. The Balaban J connectivity index is 0. The van der Waals surface area contributed by atoms with Crippen molar-refractivity contribution in [2.24, 2.45) is 0 Å². The summed E-state index contributed by atoms with van der Waals surface area (Å²) >= 11 is 4.05. The summed E-state index contributed by atoms with van der Waals surface area (Å²) in [5.41, 5.74) is -0.543. The standard InChI is InChI=1S/C8H18OS.Na.H/c1-3-4-5-6-8(2,9)7-10;;/h9-10H,3-7H2,1-2H3;;. The second-order valence-electron chi connectivity index (χ2n) is 3.11. The van der Waals surface area contributed by atoms with Crippen molar-refractivity contribution >= 4 is 42.2 Å². The van der Waals surface area contributed by atoms with E-state index in [2.05, 4.69) is 19.6 Å². The fraction of sp³-hybridized carbons (Fsp3) is 1.00. The van der Waals surface area contributed by atoms with Crippen LogP contribution in [-0.2, 0) is 0 Å². The molecule has 1 unspecified atom stereocenters. The van der Waals surface area contributed by atoms with Crippen LogP contribution < -0.4 is 0 Å². The van der Waals surface area contributed by atoms with Gasteiger partial charge < -0.3 is 5.11 Å². The molecule has 0 rings (SSSR count). The zero-order valence-electron chi connectivity index (χ0n) is 6.93. The number of unbranched alkanes of at least 4 members (excludes halogenated alkanes) is 2. The molecule has 11 heavy (non-hydrogen) atoms. The molecular formula is C8H19NaOS. The molecule has 0 aliphatic carbocycles. The molecule has 1 N–H and O–H groups in total. The Labute approximate surface area is 97.7 Å². The number of aliphatic hydroxyl groups is 1. The van der Waals surface area contributed by atoms with Gasteiger partial charge in [-0.05, 0) is 13.3 Å². The summed E-state index contributed by atoms with van der Waals surface area (Å²) in [4.78, 5) is 0. The van der Waals surface area contributed by atoms with E-state index in [-0.39, 0.29) is 29.6 Å². The predicted octanol–water partition coefficient (Wildman–Crippen LogP) is 1.60. The van der Waals surface area contributed by atoms with Crippen LogP contribution in [-0.4, -0.2) is 46.0 Å². The molecular weight excluding hydrogens is 167 g/mol. The molecule has 0 aromatic rings. The summed E-state index contributed by atoms with van der Waals surface area (Å²) in [6, 6.07) is 0. The third kappa shape index (κ3) is 9.22. The zero-order valence-corrected chi connectivity index (χ0v) is 7.82. The van der Waals surface area contributed by atoms with Crippen LogP contribution in [0.4, 0.5) is 0 Å². The minimum atomic E-state index is -0.543. The SMILES string of the molecule is CCCCCC(C)(O)CS.[NaH]. The van der Waals surface area contributed by atoms with Crippen molar-refractivity contribution in [3.05, 3.63) is 0 Å². The summed E-state index contributed by atoms with van der Waals surface area (Å²) in [6.07, 6.45) is 4.42. The van der Waals surface area contributed by atoms with Crippen LogP contribution in [0, 0.1) is 0 Å². The topological polar surface area (TPSA) is 20.2 Å². The number of thiol groups is 1. The van der Waals surface area contributed by atoms with Crippen molar-refractivity contribution in [3.63, 3.8) is 0 Å². The van der Waals surface area contributed by atoms with E-state index in [1.165, 1.54) is 12.8 Å². The van der Waals surface area contributed by atoms with Crippen LogP contribution >= 0.6 is 12.6 Å². The first-order valence-electron chi connectivity index (χ1n) is 3.95. The van der Waals surface area contributed by atoms with E-state index >= 15 is 0 Å². The van der Waals surface area contributed by atoms with Gasteiger partial charge in [0.15, 0.2) is 0 Å². The quantitative estimate of drug-likeness (QED) is 0.379. The first kappa shape index (κ1) is 14.8. The molecule has 3 heteroatoms. The Hall–Kier alpha value is 1.31. The van der Waals surface area contributed by atoms with Gasteiger partial charge in [0.05, 0.1) is 5.60 Å². The molecule has 0 saturated heterocycles. The number of hydrogen-bond donors (Lipinski definition) is 2. The van der Waals surface area contributed by atoms with Crippen LogP contribution in [0.15, 0.2) is 0 Å². The third-order valence-corrected chi connectivity index (χ3v) is 2.34. The van der Waals surface area contributed by atoms with Crippen molar-refractivity contribution in [2.75, 3.05) is 5.75 Å². The maximum absolute atomic E-state index is 9.47. The molecule has 0 aliphatic heterocycles. The van der Waals surface area contributed by atoms with Crippen molar-refractivity contribution < 1.29 is 5.11 Å². The monoisotopic (exact) mass is 186 g/mol. The second-order valence-corrected chi connectivity index (χ2v) is 3.43. The van der Waals surface area contributed by atoms with Crippen LogP contribution in [0.25, 0.3) is 0 Å². The summed E-state index contributed by atoms with van der Waals surface area (Å²) < 4.78 is 0. The van der Waals surface area contributed by atoms with Gasteiger partial charge in [0.1, 0.15) is 0 Å². The van der Waals surface area contributed by atoms with E-state index in [0.717, 1.165) is 12.8 Å². The van der Waals surface area contributed by atoms with Gasteiger partial charge in [-0.2, -0.15) is 12.6 Å². The zero-order chi connectivity index (χ0) is 8.04. The Kier molecular flexibility index (Phi) is 10.7. The van der Waals surface area contributed by atoms with Gasteiger partial charge in [-0.15, -0.1) is 0 Å². The van der Waals surface area contributed by atoms with Crippen LogP contribution in [0.1, 0.15) is 39.5 Å². The van der Waals surface area contributed by atoms with Crippen LogP contribution in [0.5, 0.6) is 0 Å². The van der Waals surface area contributed by atoms with E-state index in [4.69, 9.17) is 0 Å². The van der Waals surface area contributed by atoms with Crippen LogP contribution in [0.2, 0.25) is 0 Å². The molecule has 0 aliphatic rings. The molecule has 64 valence electrons. The number of rotatable bonds is 5. The molecule has 0 aromatic heterocycles. The van der Waals surface area contributed by atoms with E-state index in [0.29, 0.717) is 5.75 Å². The Morgan fingerprint density at radius 1 is 1.36 bits per heavy atom. The minimum absolute atomic E-state index is 0. The molecule has 0 aromatic carbocycles. The van der Waals surface area contributed by atoms with Gasteiger partial charge in [-0.25, -0.2) is 0 Å². The molecule has 0 spiro atoms. The average molecular weight is 186 g/mol. The summed E-state index contributed by atoms with van der Waals surface area (Å²) in [7, 11) is 0. The van der Waals surface area contributed by atoms with E-state index in [9.17, 15) is 5.11 Å². The van der Waals surface area contributed by atoms with Crippen molar-refractivity contribution in [2.45, 2.75) is 45.1 Å². The van der Waals surface area contributed by atoms with Crippen molar-refractivity contribution in [1.29, 1.82) is 0 Å². The van der Waals surface area contributed by atoms with Gasteiger partial charge in [0.25, 0.3) is 0 Å². The molecule has 0 amide bonds. The van der Waals surface area contributed by atoms with Gasteiger partial charge in [-0.1, -0.05) is 26.2 Å². The van der Waals surface area contributed by atoms with E-state index in [1.54, 1.807) is 0 Å². The molecule has 0 radical (unpaired) electrons. The van der Waals surface area contributed by atoms with Gasteiger partial charge >= 0.3 is 29.6 Å². The van der Waals surface area contributed by atoms with Crippen LogP contribution in [0.3, 0.4) is 0 Å². The average Bonchev–Trinajstić information content (AvgIpc) is 1.89. The van der Waals surface area contributed by atoms with Crippen molar-refractivity contribution in [3.8, 4) is 0 Å².